The van der Waals surface area contributed by atoms with Crippen molar-refractivity contribution in [1.82, 2.24) is 9.88 Å². The van der Waals surface area contributed by atoms with Crippen molar-refractivity contribution in [2.24, 2.45) is 0 Å². The molecule has 0 aliphatic heterocycles. The smallest absolute Gasteiger partial charge is 0.178 e. The highest BCUT2D eigenvalue weighted by Crippen LogP contribution is 2.32. The summed E-state index contributed by atoms with van der Waals surface area (Å²) in [7, 11) is 1.64. The maximum absolute atomic E-state index is 12.7. The summed E-state index contributed by atoms with van der Waals surface area (Å²) in [4.78, 5) is 12.7. The molecule has 5 heteroatoms. The zero-order valence-corrected chi connectivity index (χ0v) is 17.3. The minimum absolute atomic E-state index is 0.152. The molecule has 1 fully saturated rings. The lowest BCUT2D eigenvalue weighted by molar-refractivity contribution is 0.0989. The Balaban J connectivity index is 1.47. The van der Waals surface area contributed by atoms with E-state index in [0.29, 0.717) is 25.7 Å². The van der Waals surface area contributed by atoms with Gasteiger partial charge >= 0.3 is 0 Å². The Morgan fingerprint density at radius 3 is 2.46 bits per heavy atom. The molecule has 5 nitrogen and oxygen atoms in total. The van der Waals surface area contributed by atoms with E-state index in [0.717, 1.165) is 22.8 Å². The van der Waals surface area contributed by atoms with Gasteiger partial charge in [-0.2, -0.15) is 0 Å². The van der Waals surface area contributed by atoms with Crippen LogP contribution in [-0.4, -0.2) is 37.2 Å². The van der Waals surface area contributed by atoms with Gasteiger partial charge in [0.05, 0.1) is 13.7 Å². The molecular formula is C23H32N2O3. The molecule has 0 unspecified atom stereocenters. The van der Waals surface area contributed by atoms with Crippen molar-refractivity contribution < 1.29 is 14.3 Å². The topological polar surface area (TPSA) is 52.5 Å². The van der Waals surface area contributed by atoms with Gasteiger partial charge in [0.2, 0.25) is 0 Å². The Bertz CT molecular complexity index is 774. The van der Waals surface area contributed by atoms with E-state index in [9.17, 15) is 4.79 Å². The number of ketones is 1. The number of nitrogens with zero attached hydrogens (tertiary/aromatic N) is 1. The maximum Gasteiger partial charge on any atom is 0.178 e. The van der Waals surface area contributed by atoms with Crippen LogP contribution in [0.25, 0.3) is 0 Å². The molecule has 1 aliphatic rings. The number of aromatic nitrogens is 1. The van der Waals surface area contributed by atoms with E-state index in [1.165, 1.54) is 37.8 Å². The van der Waals surface area contributed by atoms with Crippen molar-refractivity contribution in [3.63, 3.8) is 0 Å². The first-order valence-corrected chi connectivity index (χ1v) is 10.3. The summed E-state index contributed by atoms with van der Waals surface area (Å²) in [6.07, 6.45) is 6.38. The number of Topliss-reactive ketones (excluding diaryl/α,β-unsaturated/α-hetero) is 1. The molecule has 0 amide bonds. The predicted octanol–water partition coefficient (Wildman–Crippen LogP) is 4.47. The first-order chi connectivity index (χ1) is 13.6. The third kappa shape index (κ3) is 4.96. The summed E-state index contributed by atoms with van der Waals surface area (Å²) >= 11 is 0. The third-order valence-electron chi connectivity index (χ3n) is 5.62. The summed E-state index contributed by atoms with van der Waals surface area (Å²) < 4.78 is 13.2. The maximum atomic E-state index is 12.7. The fourth-order valence-corrected chi connectivity index (χ4v) is 4.17. The zero-order chi connectivity index (χ0) is 19.9. The summed E-state index contributed by atoms with van der Waals surface area (Å²) in [5, 5.41) is 3.20. The third-order valence-corrected chi connectivity index (χ3v) is 5.62. The van der Waals surface area contributed by atoms with E-state index in [2.05, 4.69) is 29.8 Å². The number of nitrogens with one attached hydrogen (secondary N) is 1. The molecule has 0 bridgehead atoms. The highest BCUT2D eigenvalue weighted by atomic mass is 16.5. The minimum atomic E-state index is 0.152. The van der Waals surface area contributed by atoms with Gasteiger partial charge in [-0.1, -0.05) is 19.3 Å². The van der Waals surface area contributed by atoms with Crippen LogP contribution in [0.5, 0.6) is 11.5 Å². The number of carbonyl (C=O) groups is 1. The molecule has 1 aromatic carbocycles. The van der Waals surface area contributed by atoms with Crippen LogP contribution in [0.2, 0.25) is 0 Å². The Morgan fingerprint density at radius 1 is 1.11 bits per heavy atom. The highest BCUT2D eigenvalue weighted by molar-refractivity contribution is 5.99. The molecule has 0 radical (unpaired) electrons. The van der Waals surface area contributed by atoms with Crippen LogP contribution in [0, 0.1) is 13.8 Å². The summed E-state index contributed by atoms with van der Waals surface area (Å²) in [6.45, 7) is 5.68. The molecule has 3 rings (SSSR count). The molecule has 1 saturated carbocycles. The van der Waals surface area contributed by atoms with Gasteiger partial charge in [0.25, 0.3) is 0 Å². The molecule has 1 heterocycles. The number of aryl methyl sites for hydroxylation is 1. The molecule has 28 heavy (non-hydrogen) atoms. The Hall–Kier alpha value is -2.27. The second-order valence-electron chi connectivity index (χ2n) is 7.57. The Kier molecular flexibility index (Phi) is 7.15. The van der Waals surface area contributed by atoms with Crippen LogP contribution in [0.4, 0.5) is 0 Å². The van der Waals surface area contributed by atoms with Crippen molar-refractivity contribution in [2.45, 2.75) is 52.0 Å². The monoisotopic (exact) mass is 384 g/mol. The van der Waals surface area contributed by atoms with Crippen molar-refractivity contribution >= 4 is 5.78 Å². The van der Waals surface area contributed by atoms with Crippen LogP contribution in [0.15, 0.2) is 30.3 Å². The van der Waals surface area contributed by atoms with E-state index in [1.54, 1.807) is 7.11 Å². The Morgan fingerprint density at radius 2 is 1.79 bits per heavy atom. The summed E-state index contributed by atoms with van der Waals surface area (Å²) in [5.41, 5.74) is 3.17. The van der Waals surface area contributed by atoms with Crippen LogP contribution in [0.1, 0.15) is 59.9 Å². The number of methoxy groups -OCH3 is 1. The molecule has 0 spiro atoms. The molecule has 0 saturated heterocycles. The van der Waals surface area contributed by atoms with Crippen LogP contribution >= 0.6 is 0 Å². The van der Waals surface area contributed by atoms with Crippen molar-refractivity contribution in [3.8, 4) is 11.5 Å². The number of ether oxygens (including phenoxy) is 2. The summed E-state index contributed by atoms with van der Waals surface area (Å²) in [6, 6.07) is 10.1. The van der Waals surface area contributed by atoms with E-state index in [1.807, 2.05) is 24.3 Å². The molecule has 1 aliphatic carbocycles. The lowest BCUT2D eigenvalue weighted by atomic mass is 9.95. The molecule has 2 aromatic rings. The van der Waals surface area contributed by atoms with Gasteiger partial charge in [-0.15, -0.1) is 0 Å². The van der Waals surface area contributed by atoms with Gasteiger partial charge in [0.15, 0.2) is 5.78 Å². The quantitative estimate of drug-likeness (QED) is 0.512. The predicted molar refractivity (Wildman–Crippen MR) is 112 cm³/mol. The SMILES string of the molecule is COc1ccc(OCCNCC(=O)c2cc(C)n(C3CCCCC3)c2C)cc1. The second kappa shape index (κ2) is 9.78. The average Bonchev–Trinajstić information content (AvgIpc) is 3.03. The molecule has 1 aromatic heterocycles. The van der Waals surface area contributed by atoms with Gasteiger partial charge in [-0.3, -0.25) is 4.79 Å². The second-order valence-corrected chi connectivity index (χ2v) is 7.57. The molecular weight excluding hydrogens is 352 g/mol. The highest BCUT2D eigenvalue weighted by Gasteiger charge is 2.22. The van der Waals surface area contributed by atoms with E-state index < -0.39 is 0 Å². The van der Waals surface area contributed by atoms with Gasteiger partial charge in [0.1, 0.15) is 18.1 Å². The lowest BCUT2D eigenvalue weighted by Crippen LogP contribution is -2.27. The number of hydrogen-bond donors (Lipinski definition) is 1. The lowest BCUT2D eigenvalue weighted by Gasteiger charge is -2.26. The van der Waals surface area contributed by atoms with Gasteiger partial charge in [-0.25, -0.2) is 0 Å². The first kappa shape index (κ1) is 20.5. The number of hydrogen-bond acceptors (Lipinski definition) is 4. The summed E-state index contributed by atoms with van der Waals surface area (Å²) in [5.74, 6) is 1.76. The minimum Gasteiger partial charge on any atom is -0.497 e. The van der Waals surface area contributed by atoms with Crippen molar-refractivity contribution in [3.05, 3.63) is 47.3 Å². The van der Waals surface area contributed by atoms with Crippen molar-refractivity contribution in [1.29, 1.82) is 0 Å². The fraction of sp³-hybridized carbons (Fsp3) is 0.522. The van der Waals surface area contributed by atoms with Crippen LogP contribution in [0.3, 0.4) is 0 Å². The largest absolute Gasteiger partial charge is 0.497 e. The number of carbonyl (C=O) groups excluding carboxylic acids is 1. The number of rotatable bonds is 9. The Labute approximate surface area is 168 Å². The normalized spacial score (nSPS) is 14.8. The average molecular weight is 385 g/mol. The van der Waals surface area contributed by atoms with Gasteiger partial charge in [0, 0.05) is 29.5 Å². The molecule has 0 atom stereocenters. The number of benzene rings is 1. The van der Waals surface area contributed by atoms with E-state index in [-0.39, 0.29) is 5.78 Å². The van der Waals surface area contributed by atoms with Gasteiger partial charge < -0.3 is 19.4 Å². The van der Waals surface area contributed by atoms with E-state index in [4.69, 9.17) is 9.47 Å². The first-order valence-electron chi connectivity index (χ1n) is 10.3. The van der Waals surface area contributed by atoms with Crippen LogP contribution in [-0.2, 0) is 0 Å². The van der Waals surface area contributed by atoms with Crippen molar-refractivity contribution in [2.75, 3.05) is 26.8 Å². The molecule has 152 valence electrons. The van der Waals surface area contributed by atoms with Crippen LogP contribution < -0.4 is 14.8 Å². The standard InChI is InChI=1S/C23H32N2O3/c1-17-15-22(18(2)25(17)19-7-5-4-6-8-19)23(26)16-24-13-14-28-21-11-9-20(27-3)10-12-21/h9-12,15,19,24H,4-8,13-14,16H2,1-3H3. The molecule has 1 N–H and O–H groups in total. The zero-order valence-electron chi connectivity index (χ0n) is 17.3. The fourth-order valence-electron chi connectivity index (χ4n) is 4.17. The van der Waals surface area contributed by atoms with E-state index >= 15 is 0 Å². The van der Waals surface area contributed by atoms with Gasteiger partial charge in [-0.05, 0) is 57.0 Å².